The van der Waals surface area contributed by atoms with Crippen LogP contribution in [0.2, 0.25) is 0 Å². The number of hydrogen-bond donors (Lipinski definition) is 3. The summed E-state index contributed by atoms with van der Waals surface area (Å²) in [6.07, 6.45) is 0. The molecule has 0 bridgehead atoms. The van der Waals surface area contributed by atoms with Crippen LogP contribution in [-0.4, -0.2) is 16.1 Å². The molecule has 0 aliphatic carbocycles. The van der Waals surface area contributed by atoms with Crippen LogP contribution in [-0.2, 0) is 0 Å². The Labute approximate surface area is 116 Å². The molecule has 6 heteroatoms. The summed E-state index contributed by atoms with van der Waals surface area (Å²) in [5.41, 5.74) is 0.420. The van der Waals surface area contributed by atoms with Crippen molar-refractivity contribution >= 4 is 27.5 Å². The summed E-state index contributed by atoms with van der Waals surface area (Å²) in [4.78, 5) is 11.9. The van der Waals surface area contributed by atoms with Crippen molar-refractivity contribution in [1.29, 1.82) is 0 Å². The quantitative estimate of drug-likeness (QED) is 0.742. The van der Waals surface area contributed by atoms with E-state index in [0.717, 1.165) is 6.07 Å². The van der Waals surface area contributed by atoms with E-state index < -0.39 is 17.5 Å². The second kappa shape index (κ2) is 5.27. The predicted molar refractivity (Wildman–Crippen MR) is 71.8 cm³/mol. The Morgan fingerprint density at radius 2 is 1.84 bits per heavy atom. The number of phenolic OH excluding ortho intramolecular Hbond substituents is 2. The number of carbonyl (C=O) groups excluding carboxylic acids is 1. The van der Waals surface area contributed by atoms with E-state index in [1.165, 1.54) is 30.3 Å². The van der Waals surface area contributed by atoms with E-state index in [1.807, 2.05) is 0 Å². The number of anilines is 1. The second-order valence-electron chi connectivity index (χ2n) is 3.78. The Morgan fingerprint density at radius 3 is 2.53 bits per heavy atom. The molecule has 2 aromatic carbocycles. The maximum Gasteiger partial charge on any atom is 0.255 e. The first-order chi connectivity index (χ1) is 8.97. The van der Waals surface area contributed by atoms with E-state index >= 15 is 0 Å². The highest BCUT2D eigenvalue weighted by Crippen LogP contribution is 2.27. The van der Waals surface area contributed by atoms with Crippen molar-refractivity contribution in [2.45, 2.75) is 0 Å². The molecule has 2 aromatic rings. The first-order valence-electron chi connectivity index (χ1n) is 5.26. The SMILES string of the molecule is O=C(Nc1cc(F)ccc1Br)c1ccc(O)c(O)c1. The minimum atomic E-state index is -0.526. The van der Waals surface area contributed by atoms with Crippen LogP contribution >= 0.6 is 15.9 Å². The zero-order chi connectivity index (χ0) is 14.0. The van der Waals surface area contributed by atoms with Gasteiger partial charge in [0.2, 0.25) is 0 Å². The van der Waals surface area contributed by atoms with Gasteiger partial charge in [-0.15, -0.1) is 0 Å². The molecule has 0 unspecified atom stereocenters. The summed E-state index contributed by atoms with van der Waals surface area (Å²) in [6, 6.07) is 7.56. The summed E-state index contributed by atoms with van der Waals surface area (Å²) in [5, 5.41) is 21.0. The van der Waals surface area contributed by atoms with E-state index in [1.54, 1.807) is 0 Å². The summed E-state index contributed by atoms with van der Waals surface area (Å²) in [5.74, 6) is -1.72. The molecular formula is C13H9BrFNO3. The number of rotatable bonds is 2. The fourth-order valence-electron chi connectivity index (χ4n) is 1.45. The summed E-state index contributed by atoms with van der Waals surface area (Å²) in [7, 11) is 0. The molecule has 0 radical (unpaired) electrons. The highest BCUT2D eigenvalue weighted by atomic mass is 79.9. The van der Waals surface area contributed by atoms with Crippen LogP contribution in [0.3, 0.4) is 0 Å². The van der Waals surface area contributed by atoms with Crippen molar-refractivity contribution in [2.24, 2.45) is 0 Å². The molecule has 0 aliphatic rings. The number of aromatic hydroxyl groups is 2. The van der Waals surface area contributed by atoms with Crippen molar-refractivity contribution < 1.29 is 19.4 Å². The molecular weight excluding hydrogens is 317 g/mol. The average Bonchev–Trinajstić information content (AvgIpc) is 2.37. The van der Waals surface area contributed by atoms with Crippen molar-refractivity contribution in [3.63, 3.8) is 0 Å². The van der Waals surface area contributed by atoms with Gasteiger partial charge in [-0.05, 0) is 52.3 Å². The summed E-state index contributed by atoms with van der Waals surface area (Å²) in [6.45, 7) is 0. The van der Waals surface area contributed by atoms with E-state index in [0.29, 0.717) is 4.47 Å². The van der Waals surface area contributed by atoms with Crippen molar-refractivity contribution in [1.82, 2.24) is 0 Å². The van der Waals surface area contributed by atoms with Gasteiger partial charge in [0, 0.05) is 10.0 Å². The number of amides is 1. The normalized spacial score (nSPS) is 10.2. The second-order valence-corrected chi connectivity index (χ2v) is 4.64. The fourth-order valence-corrected chi connectivity index (χ4v) is 1.80. The van der Waals surface area contributed by atoms with Gasteiger partial charge in [-0.3, -0.25) is 4.79 Å². The van der Waals surface area contributed by atoms with Gasteiger partial charge in [0.05, 0.1) is 5.69 Å². The fraction of sp³-hybridized carbons (Fsp3) is 0. The van der Waals surface area contributed by atoms with E-state index in [9.17, 15) is 14.3 Å². The molecule has 19 heavy (non-hydrogen) atoms. The average molecular weight is 326 g/mol. The maximum absolute atomic E-state index is 13.1. The van der Waals surface area contributed by atoms with Gasteiger partial charge in [-0.25, -0.2) is 4.39 Å². The molecule has 3 N–H and O–H groups in total. The molecule has 1 amide bonds. The van der Waals surface area contributed by atoms with Gasteiger partial charge >= 0.3 is 0 Å². The first-order valence-corrected chi connectivity index (χ1v) is 6.05. The van der Waals surface area contributed by atoms with Gasteiger partial charge in [0.1, 0.15) is 5.82 Å². The molecule has 0 spiro atoms. The standard InChI is InChI=1S/C13H9BrFNO3/c14-9-3-2-8(15)6-10(9)16-13(19)7-1-4-11(17)12(18)5-7/h1-6,17-18H,(H,16,19). The number of halogens is 2. The molecule has 0 atom stereocenters. The van der Waals surface area contributed by atoms with Crippen LogP contribution in [0.25, 0.3) is 0 Å². The van der Waals surface area contributed by atoms with Crippen molar-refractivity contribution in [3.05, 3.63) is 52.3 Å². The topological polar surface area (TPSA) is 69.6 Å². The van der Waals surface area contributed by atoms with Crippen LogP contribution in [0.15, 0.2) is 40.9 Å². The number of phenols is 2. The third-order valence-electron chi connectivity index (χ3n) is 2.41. The van der Waals surface area contributed by atoms with Crippen LogP contribution in [0, 0.1) is 5.82 Å². The van der Waals surface area contributed by atoms with Gasteiger partial charge < -0.3 is 15.5 Å². The van der Waals surface area contributed by atoms with Crippen LogP contribution < -0.4 is 5.32 Å². The lowest BCUT2D eigenvalue weighted by Crippen LogP contribution is -2.12. The van der Waals surface area contributed by atoms with E-state index in [-0.39, 0.29) is 17.0 Å². The molecule has 0 fully saturated rings. The Bertz CT molecular complexity index is 646. The van der Waals surface area contributed by atoms with Gasteiger partial charge in [0.15, 0.2) is 11.5 Å². The lowest BCUT2D eigenvalue weighted by Gasteiger charge is -2.08. The lowest BCUT2D eigenvalue weighted by molar-refractivity contribution is 0.102. The largest absolute Gasteiger partial charge is 0.504 e. The molecule has 0 saturated heterocycles. The lowest BCUT2D eigenvalue weighted by atomic mass is 10.2. The predicted octanol–water partition coefficient (Wildman–Crippen LogP) is 3.25. The summed E-state index contributed by atoms with van der Waals surface area (Å²) >= 11 is 3.19. The van der Waals surface area contributed by atoms with E-state index in [4.69, 9.17) is 5.11 Å². The Morgan fingerprint density at radius 1 is 1.11 bits per heavy atom. The summed E-state index contributed by atoms with van der Waals surface area (Å²) < 4.78 is 13.6. The van der Waals surface area contributed by atoms with Crippen LogP contribution in [0.1, 0.15) is 10.4 Å². The number of benzene rings is 2. The molecule has 0 saturated carbocycles. The van der Waals surface area contributed by atoms with Crippen molar-refractivity contribution in [2.75, 3.05) is 5.32 Å². The molecule has 0 aliphatic heterocycles. The minimum absolute atomic E-state index is 0.145. The highest BCUT2D eigenvalue weighted by molar-refractivity contribution is 9.10. The zero-order valence-corrected chi connectivity index (χ0v) is 11.1. The molecule has 4 nitrogen and oxygen atoms in total. The molecule has 2 rings (SSSR count). The minimum Gasteiger partial charge on any atom is -0.504 e. The third-order valence-corrected chi connectivity index (χ3v) is 3.11. The van der Waals surface area contributed by atoms with Crippen LogP contribution in [0.5, 0.6) is 11.5 Å². The van der Waals surface area contributed by atoms with Gasteiger partial charge in [0.25, 0.3) is 5.91 Å². The Balaban J connectivity index is 2.25. The number of nitrogens with one attached hydrogen (secondary N) is 1. The Hall–Kier alpha value is -2.08. The number of hydrogen-bond acceptors (Lipinski definition) is 3. The van der Waals surface area contributed by atoms with Crippen LogP contribution in [0.4, 0.5) is 10.1 Å². The first kappa shape index (κ1) is 13.4. The third kappa shape index (κ3) is 3.03. The molecule has 0 aromatic heterocycles. The highest BCUT2D eigenvalue weighted by Gasteiger charge is 2.11. The van der Waals surface area contributed by atoms with Gasteiger partial charge in [-0.2, -0.15) is 0 Å². The molecule has 98 valence electrons. The van der Waals surface area contributed by atoms with Gasteiger partial charge in [-0.1, -0.05) is 0 Å². The smallest absolute Gasteiger partial charge is 0.255 e. The van der Waals surface area contributed by atoms with Crippen molar-refractivity contribution in [3.8, 4) is 11.5 Å². The Kier molecular flexibility index (Phi) is 3.71. The monoisotopic (exact) mass is 325 g/mol. The van der Waals surface area contributed by atoms with E-state index in [2.05, 4.69) is 21.2 Å². The molecule has 0 heterocycles. The maximum atomic E-state index is 13.1. The number of carbonyl (C=O) groups is 1. The zero-order valence-electron chi connectivity index (χ0n) is 9.52.